The van der Waals surface area contributed by atoms with Crippen LogP contribution in [0.3, 0.4) is 0 Å². The molecule has 2 aromatic heterocycles. The van der Waals surface area contributed by atoms with Crippen molar-refractivity contribution in [2.24, 2.45) is 0 Å². The van der Waals surface area contributed by atoms with Gasteiger partial charge in [-0.15, -0.1) is 0 Å². The highest BCUT2D eigenvalue weighted by Crippen LogP contribution is 2.66. The SMILES string of the molecule is Cc1nc2cc([C@@H]3O[C@H](COP(=O)(O)OP(=O)(O)OP(=O)(O)O)C(O)[C@@H]3O)c(=O)[nH]c2nc1C. The predicted octanol–water partition coefficient (Wildman–Crippen LogP) is -0.560. The van der Waals surface area contributed by atoms with Crippen LogP contribution in [-0.4, -0.2) is 69.7 Å². The molecular formula is C14H20N3O14P3. The Hall–Kier alpha value is -1.42. The quantitative estimate of drug-likeness (QED) is 0.204. The molecule has 0 radical (unpaired) electrons. The zero-order valence-corrected chi connectivity index (χ0v) is 20.0. The highest BCUT2D eigenvalue weighted by atomic mass is 31.3. The second-order valence-electron chi connectivity index (χ2n) is 7.15. The molecule has 2 aromatic rings. The number of hydrogen-bond acceptors (Lipinski definition) is 12. The minimum Gasteiger partial charge on any atom is -0.387 e. The molecule has 0 saturated carbocycles. The summed E-state index contributed by atoms with van der Waals surface area (Å²) in [4.78, 5) is 59.2. The van der Waals surface area contributed by atoms with E-state index >= 15 is 0 Å². The highest BCUT2D eigenvalue weighted by molar-refractivity contribution is 7.66. The normalized spacial score (nSPS) is 26.9. The van der Waals surface area contributed by atoms with Crippen LogP contribution in [0.5, 0.6) is 0 Å². The van der Waals surface area contributed by atoms with Gasteiger partial charge < -0.3 is 39.5 Å². The van der Waals surface area contributed by atoms with Crippen LogP contribution in [0.25, 0.3) is 11.2 Å². The van der Waals surface area contributed by atoms with Gasteiger partial charge in [0.15, 0.2) is 5.65 Å². The molecule has 17 nitrogen and oxygen atoms in total. The summed E-state index contributed by atoms with van der Waals surface area (Å²) >= 11 is 0. The van der Waals surface area contributed by atoms with Gasteiger partial charge in [-0.1, -0.05) is 0 Å². The van der Waals surface area contributed by atoms with Crippen LogP contribution in [0.15, 0.2) is 10.9 Å². The molecule has 0 aliphatic carbocycles. The van der Waals surface area contributed by atoms with E-state index in [1.807, 2.05) is 0 Å². The van der Waals surface area contributed by atoms with Gasteiger partial charge in [-0.2, -0.15) is 8.62 Å². The van der Waals surface area contributed by atoms with E-state index in [0.717, 1.165) is 0 Å². The third-order valence-corrected chi connectivity index (χ3v) is 8.41. The second kappa shape index (κ2) is 9.56. The summed E-state index contributed by atoms with van der Waals surface area (Å²) in [6.45, 7) is 2.37. The number of rotatable bonds is 8. The Morgan fingerprint density at radius 3 is 2.24 bits per heavy atom. The minimum absolute atomic E-state index is 0.141. The number of phosphoric acid groups is 3. The van der Waals surface area contributed by atoms with Crippen molar-refractivity contribution in [1.82, 2.24) is 15.0 Å². The molecule has 0 amide bonds. The van der Waals surface area contributed by atoms with Crippen molar-refractivity contribution in [3.05, 3.63) is 33.4 Å². The summed E-state index contributed by atoms with van der Waals surface area (Å²) in [6.07, 6.45) is -6.42. The zero-order valence-electron chi connectivity index (χ0n) is 17.3. The van der Waals surface area contributed by atoms with Crippen LogP contribution in [0, 0.1) is 13.8 Å². The van der Waals surface area contributed by atoms with Crippen LogP contribution in [-0.2, 0) is 31.6 Å². The fourth-order valence-electron chi connectivity index (χ4n) is 3.03. The summed E-state index contributed by atoms with van der Waals surface area (Å²) in [5.74, 6) is 0. The lowest BCUT2D eigenvalue weighted by Crippen LogP contribution is -2.33. The van der Waals surface area contributed by atoms with E-state index in [4.69, 9.17) is 19.4 Å². The van der Waals surface area contributed by atoms with Crippen molar-refractivity contribution in [3.8, 4) is 0 Å². The van der Waals surface area contributed by atoms with E-state index in [-0.39, 0.29) is 16.7 Å². The summed E-state index contributed by atoms with van der Waals surface area (Å²) in [5, 5.41) is 20.6. The summed E-state index contributed by atoms with van der Waals surface area (Å²) in [5.41, 5.74) is 0.739. The molecule has 0 spiro atoms. The Morgan fingerprint density at radius 2 is 1.62 bits per heavy atom. The molecule has 1 saturated heterocycles. The Balaban J connectivity index is 1.75. The molecule has 1 aliphatic heterocycles. The van der Waals surface area contributed by atoms with Gasteiger partial charge in [-0.25, -0.2) is 23.7 Å². The molecule has 0 aromatic carbocycles. The first kappa shape index (κ1) is 27.2. The Kier molecular flexibility index (Phi) is 7.64. The lowest BCUT2D eigenvalue weighted by atomic mass is 10.0. The van der Waals surface area contributed by atoms with E-state index in [1.165, 1.54) is 6.07 Å². The number of hydrogen-bond donors (Lipinski definition) is 7. The number of aliphatic hydroxyl groups excluding tert-OH is 2. The maximum atomic E-state index is 12.5. The van der Waals surface area contributed by atoms with Crippen molar-refractivity contribution in [2.45, 2.75) is 38.3 Å². The van der Waals surface area contributed by atoms with Crippen molar-refractivity contribution in [3.63, 3.8) is 0 Å². The summed E-state index contributed by atoms with van der Waals surface area (Å²) in [7, 11) is -16.8. The third-order valence-electron chi connectivity index (χ3n) is 4.61. The molecule has 3 rings (SSSR count). The lowest BCUT2D eigenvalue weighted by molar-refractivity contribution is -0.0226. The Bertz CT molecular complexity index is 1290. The molecule has 34 heavy (non-hydrogen) atoms. The fraction of sp³-hybridized carbons (Fsp3) is 0.500. The number of fused-ring (bicyclic) bond motifs is 1. The van der Waals surface area contributed by atoms with E-state index in [1.54, 1.807) is 13.8 Å². The summed E-state index contributed by atoms with van der Waals surface area (Å²) in [6, 6.07) is 1.29. The number of nitrogens with one attached hydrogen (secondary N) is 1. The number of aliphatic hydroxyl groups is 2. The number of aromatic nitrogens is 3. The van der Waals surface area contributed by atoms with Crippen molar-refractivity contribution < 1.29 is 61.4 Å². The molecule has 190 valence electrons. The van der Waals surface area contributed by atoms with Gasteiger partial charge in [-0.3, -0.25) is 9.32 Å². The first-order chi connectivity index (χ1) is 15.5. The smallest absolute Gasteiger partial charge is 0.387 e. The van der Waals surface area contributed by atoms with Crippen LogP contribution in [0.1, 0.15) is 23.1 Å². The first-order valence-corrected chi connectivity index (χ1v) is 13.7. The second-order valence-corrected chi connectivity index (χ2v) is 11.6. The molecule has 1 fully saturated rings. The van der Waals surface area contributed by atoms with Crippen LogP contribution in [0.4, 0.5) is 0 Å². The zero-order chi connectivity index (χ0) is 25.6. The molecule has 1 aliphatic rings. The molecule has 6 atom stereocenters. The van der Waals surface area contributed by atoms with Crippen molar-refractivity contribution in [1.29, 1.82) is 0 Å². The molecule has 3 unspecified atom stereocenters. The molecular weight excluding hydrogens is 527 g/mol. The molecule has 20 heteroatoms. The van der Waals surface area contributed by atoms with Gasteiger partial charge in [-0.05, 0) is 19.9 Å². The number of nitrogens with zero attached hydrogens (tertiary/aromatic N) is 2. The van der Waals surface area contributed by atoms with Gasteiger partial charge in [0.05, 0.1) is 23.6 Å². The Morgan fingerprint density at radius 1 is 1.00 bits per heavy atom. The average Bonchev–Trinajstić information content (AvgIpc) is 2.93. The van der Waals surface area contributed by atoms with E-state index in [2.05, 4.69) is 28.1 Å². The molecule has 7 N–H and O–H groups in total. The van der Waals surface area contributed by atoms with Crippen molar-refractivity contribution in [2.75, 3.05) is 6.61 Å². The largest absolute Gasteiger partial charge is 0.490 e. The minimum atomic E-state index is -5.73. The standard InChI is InChI=1S/C14H20N3O14P3/c1-5-6(2)16-13-8(15-5)3-7(14(20)17-13)12-11(19)10(18)9(29-12)4-28-33(24,25)31-34(26,27)30-32(21,22)23/h3,9-12,18-19H,4H2,1-2H3,(H,24,25)(H,26,27)(H,16,17,20)(H2,21,22,23)/t9-,10?,11+,12+/m1/s1. The number of pyridine rings is 1. The van der Waals surface area contributed by atoms with Gasteiger partial charge in [0, 0.05) is 0 Å². The van der Waals surface area contributed by atoms with Crippen molar-refractivity contribution >= 4 is 34.6 Å². The van der Waals surface area contributed by atoms with Gasteiger partial charge in [0.1, 0.15) is 29.9 Å². The molecule has 0 bridgehead atoms. The van der Waals surface area contributed by atoms with Crippen LogP contribution < -0.4 is 5.56 Å². The Labute approximate surface area is 189 Å². The van der Waals surface area contributed by atoms with E-state index in [0.29, 0.717) is 11.4 Å². The maximum absolute atomic E-state index is 12.5. The third kappa shape index (κ3) is 6.42. The van der Waals surface area contributed by atoms with Gasteiger partial charge >= 0.3 is 23.5 Å². The number of H-pyrrole nitrogens is 1. The average molecular weight is 547 g/mol. The number of ether oxygens (including phenoxy) is 1. The molecule has 3 heterocycles. The van der Waals surface area contributed by atoms with Crippen LogP contribution in [0.2, 0.25) is 0 Å². The lowest BCUT2D eigenvalue weighted by Gasteiger charge is -2.19. The monoisotopic (exact) mass is 547 g/mol. The van der Waals surface area contributed by atoms with Gasteiger partial charge in [0.2, 0.25) is 0 Å². The maximum Gasteiger partial charge on any atom is 0.490 e. The van der Waals surface area contributed by atoms with Gasteiger partial charge in [0.25, 0.3) is 5.56 Å². The van der Waals surface area contributed by atoms with E-state index in [9.17, 15) is 33.6 Å². The summed E-state index contributed by atoms with van der Waals surface area (Å²) < 4.78 is 50.8. The fourth-order valence-corrected chi connectivity index (χ4v) is 6.06. The number of phosphoric ester groups is 1. The highest BCUT2D eigenvalue weighted by Gasteiger charge is 2.47. The van der Waals surface area contributed by atoms with Crippen LogP contribution >= 0.6 is 23.5 Å². The number of aromatic amines is 1. The number of aryl methyl sites for hydroxylation is 2. The topological polar surface area (TPSA) is 268 Å². The van der Waals surface area contributed by atoms with E-state index < -0.39 is 60.1 Å². The first-order valence-electron chi connectivity index (χ1n) is 9.16. The predicted molar refractivity (Wildman–Crippen MR) is 109 cm³/mol.